The zero-order valence-corrected chi connectivity index (χ0v) is 11.0. The number of halogens is 1. The number of ether oxygens (including phenoxy) is 1. The lowest BCUT2D eigenvalue weighted by atomic mass is 10.1. The molecule has 2 aliphatic rings. The number of nitrogens with one attached hydrogen (secondary N) is 1. The molecular weight excluding hydrogens is 248 g/mol. The van der Waals surface area contributed by atoms with Gasteiger partial charge in [0.15, 0.2) is 5.90 Å². The van der Waals surface area contributed by atoms with Crippen LogP contribution in [0.5, 0.6) is 0 Å². The molecule has 0 radical (unpaired) electrons. The largest absolute Gasteiger partial charge is 0.478 e. The predicted octanol–water partition coefficient (Wildman–Crippen LogP) is 2.29. The van der Waals surface area contributed by atoms with Gasteiger partial charge >= 0.3 is 0 Å². The molecule has 0 aliphatic carbocycles. The molecule has 0 spiro atoms. The van der Waals surface area contributed by atoms with Gasteiger partial charge in [-0.3, -0.25) is 0 Å². The van der Waals surface area contributed by atoms with E-state index in [9.17, 15) is 0 Å². The first kappa shape index (κ1) is 12.0. The molecule has 3 nitrogen and oxygen atoms in total. The molecule has 0 amide bonds. The summed E-state index contributed by atoms with van der Waals surface area (Å²) in [5.74, 6) is 1.43. The Labute approximate surface area is 112 Å². The summed E-state index contributed by atoms with van der Waals surface area (Å²) in [6.07, 6.45) is 2.05. The lowest BCUT2D eigenvalue weighted by molar-refractivity contribution is 0.299. The van der Waals surface area contributed by atoms with Gasteiger partial charge in [-0.1, -0.05) is 23.7 Å². The van der Waals surface area contributed by atoms with E-state index in [-0.39, 0.29) is 6.04 Å². The van der Waals surface area contributed by atoms with E-state index >= 15 is 0 Å². The number of hydrogen-bond donors (Lipinski definition) is 1. The third kappa shape index (κ3) is 2.68. The minimum atomic E-state index is 0.249. The maximum absolute atomic E-state index is 5.99. The predicted molar refractivity (Wildman–Crippen MR) is 73.3 cm³/mol. The summed E-state index contributed by atoms with van der Waals surface area (Å²) in [5, 5.41) is 4.13. The fraction of sp³-hybridized carbons (Fsp3) is 0.500. The third-order valence-corrected chi connectivity index (χ3v) is 3.74. The second kappa shape index (κ2) is 5.29. The number of hydrogen-bond acceptors (Lipinski definition) is 3. The normalized spacial score (nSPS) is 27.1. The summed E-state index contributed by atoms with van der Waals surface area (Å²) in [4.78, 5) is 4.71. The summed E-state index contributed by atoms with van der Waals surface area (Å²) in [6.45, 7) is 2.78. The molecule has 4 heteroatoms. The van der Waals surface area contributed by atoms with Crippen LogP contribution < -0.4 is 5.32 Å². The van der Waals surface area contributed by atoms with Crippen molar-refractivity contribution >= 4 is 17.5 Å². The number of aliphatic imine (C=N–C) groups is 1. The molecule has 1 aromatic carbocycles. The van der Waals surface area contributed by atoms with Gasteiger partial charge in [0.25, 0.3) is 0 Å². The van der Waals surface area contributed by atoms with E-state index in [1.165, 1.54) is 5.56 Å². The van der Waals surface area contributed by atoms with E-state index in [1.54, 1.807) is 0 Å². The molecule has 2 heterocycles. The molecule has 2 unspecified atom stereocenters. The highest BCUT2D eigenvalue weighted by Gasteiger charge is 2.28. The lowest BCUT2D eigenvalue weighted by Crippen LogP contribution is -2.17. The Morgan fingerprint density at radius 2 is 2.39 bits per heavy atom. The lowest BCUT2D eigenvalue weighted by Gasteiger charge is -2.06. The molecule has 96 valence electrons. The van der Waals surface area contributed by atoms with E-state index < -0.39 is 0 Å². The molecule has 3 rings (SSSR count). The maximum Gasteiger partial charge on any atom is 0.188 e. The average Bonchev–Trinajstić information content (AvgIpc) is 2.98. The van der Waals surface area contributed by atoms with Crippen molar-refractivity contribution in [1.29, 1.82) is 0 Å². The maximum atomic E-state index is 5.99. The van der Waals surface area contributed by atoms with E-state index in [4.69, 9.17) is 21.3 Å². The van der Waals surface area contributed by atoms with Crippen molar-refractivity contribution in [2.45, 2.75) is 18.9 Å². The quantitative estimate of drug-likeness (QED) is 0.909. The fourth-order valence-corrected chi connectivity index (χ4v) is 2.78. The Bertz CT molecular complexity index is 455. The van der Waals surface area contributed by atoms with Crippen LogP contribution in [0.1, 0.15) is 12.0 Å². The van der Waals surface area contributed by atoms with Crippen LogP contribution in [0, 0.1) is 5.92 Å². The van der Waals surface area contributed by atoms with Gasteiger partial charge < -0.3 is 10.1 Å². The highest BCUT2D eigenvalue weighted by molar-refractivity contribution is 6.30. The summed E-state index contributed by atoms with van der Waals surface area (Å²) >= 11 is 5.99. The first-order chi connectivity index (χ1) is 8.81. The second-order valence-corrected chi connectivity index (χ2v) is 5.39. The van der Waals surface area contributed by atoms with Crippen LogP contribution in [-0.2, 0) is 11.2 Å². The zero-order valence-electron chi connectivity index (χ0n) is 10.2. The van der Waals surface area contributed by atoms with Crippen molar-refractivity contribution in [3.05, 3.63) is 34.9 Å². The Morgan fingerprint density at radius 3 is 3.17 bits per heavy atom. The van der Waals surface area contributed by atoms with E-state index in [0.717, 1.165) is 36.9 Å². The van der Waals surface area contributed by atoms with Gasteiger partial charge in [0, 0.05) is 17.5 Å². The zero-order chi connectivity index (χ0) is 12.4. The van der Waals surface area contributed by atoms with Crippen molar-refractivity contribution in [2.75, 3.05) is 19.7 Å². The first-order valence-corrected chi connectivity index (χ1v) is 6.85. The molecule has 18 heavy (non-hydrogen) atoms. The first-order valence-electron chi connectivity index (χ1n) is 6.47. The third-order valence-electron chi connectivity index (χ3n) is 3.50. The van der Waals surface area contributed by atoms with Gasteiger partial charge in [-0.15, -0.1) is 0 Å². The molecule has 0 bridgehead atoms. The molecule has 0 saturated carbocycles. The molecule has 1 N–H and O–H groups in total. The van der Waals surface area contributed by atoms with E-state index in [1.807, 2.05) is 18.2 Å². The molecule has 2 atom stereocenters. The molecule has 1 aromatic rings. The van der Waals surface area contributed by atoms with E-state index in [0.29, 0.717) is 12.5 Å². The topological polar surface area (TPSA) is 33.6 Å². The summed E-state index contributed by atoms with van der Waals surface area (Å²) in [5.41, 5.74) is 1.23. The highest BCUT2D eigenvalue weighted by Crippen LogP contribution is 2.20. The minimum Gasteiger partial charge on any atom is -0.478 e. The van der Waals surface area contributed by atoms with Gasteiger partial charge in [0.05, 0.1) is 6.04 Å². The van der Waals surface area contributed by atoms with Gasteiger partial charge in [-0.05, 0) is 37.1 Å². The number of benzene rings is 1. The highest BCUT2D eigenvalue weighted by atomic mass is 35.5. The number of rotatable bonds is 3. The van der Waals surface area contributed by atoms with Crippen LogP contribution in [0.4, 0.5) is 0 Å². The molecule has 1 saturated heterocycles. The minimum absolute atomic E-state index is 0.249. The van der Waals surface area contributed by atoms with Crippen LogP contribution in [0.2, 0.25) is 5.02 Å². The molecule has 0 aromatic heterocycles. The fourth-order valence-electron chi connectivity index (χ4n) is 2.57. The van der Waals surface area contributed by atoms with Crippen LogP contribution in [0.15, 0.2) is 29.3 Å². The van der Waals surface area contributed by atoms with Crippen molar-refractivity contribution in [2.24, 2.45) is 10.9 Å². The van der Waals surface area contributed by atoms with Crippen LogP contribution in [0.25, 0.3) is 0 Å². The van der Waals surface area contributed by atoms with Crippen molar-refractivity contribution in [1.82, 2.24) is 5.32 Å². The Morgan fingerprint density at radius 1 is 1.44 bits per heavy atom. The Balaban J connectivity index is 1.64. The number of nitrogens with zero attached hydrogens (tertiary/aromatic N) is 1. The van der Waals surface area contributed by atoms with Crippen LogP contribution in [0.3, 0.4) is 0 Å². The van der Waals surface area contributed by atoms with Crippen molar-refractivity contribution < 1.29 is 4.74 Å². The van der Waals surface area contributed by atoms with Gasteiger partial charge in [0.2, 0.25) is 0 Å². The van der Waals surface area contributed by atoms with E-state index in [2.05, 4.69) is 11.4 Å². The average molecular weight is 265 g/mol. The standard InChI is InChI=1S/C14H17ClN2O/c15-12-3-1-2-10(6-12)7-13-9-18-14(17-13)11-4-5-16-8-11/h1-3,6,11,13,16H,4-5,7-9H2. The van der Waals surface area contributed by atoms with Gasteiger partial charge in [0.1, 0.15) is 6.61 Å². The van der Waals surface area contributed by atoms with Crippen molar-refractivity contribution in [3.8, 4) is 0 Å². The van der Waals surface area contributed by atoms with Gasteiger partial charge in [-0.25, -0.2) is 4.99 Å². The van der Waals surface area contributed by atoms with Crippen LogP contribution in [-0.4, -0.2) is 31.6 Å². The monoisotopic (exact) mass is 264 g/mol. The summed E-state index contributed by atoms with van der Waals surface area (Å²) < 4.78 is 5.73. The summed E-state index contributed by atoms with van der Waals surface area (Å²) in [7, 11) is 0. The second-order valence-electron chi connectivity index (χ2n) is 4.96. The summed E-state index contributed by atoms with van der Waals surface area (Å²) in [6, 6.07) is 8.23. The van der Waals surface area contributed by atoms with Crippen molar-refractivity contribution in [3.63, 3.8) is 0 Å². The Hall–Kier alpha value is -1.06. The Kier molecular flexibility index (Phi) is 3.52. The SMILES string of the molecule is Clc1cccc(CC2COC(C3CCNC3)=N2)c1. The molecule has 2 aliphatic heterocycles. The molecular formula is C14H17ClN2O. The molecule has 1 fully saturated rings. The van der Waals surface area contributed by atoms with Gasteiger partial charge in [-0.2, -0.15) is 0 Å². The van der Waals surface area contributed by atoms with Crippen LogP contribution >= 0.6 is 11.6 Å². The smallest absolute Gasteiger partial charge is 0.188 e.